The van der Waals surface area contributed by atoms with Gasteiger partial charge in [-0.1, -0.05) is 18.7 Å². The molecule has 2 amide bonds. The van der Waals surface area contributed by atoms with E-state index in [9.17, 15) is 9.59 Å². The number of likely N-dealkylation sites (tertiary alicyclic amines) is 1. The van der Waals surface area contributed by atoms with E-state index in [1.165, 1.54) is 6.08 Å². The van der Waals surface area contributed by atoms with Crippen LogP contribution in [0.25, 0.3) is 0 Å². The van der Waals surface area contributed by atoms with Crippen LogP contribution in [0.15, 0.2) is 36.9 Å². The molecule has 1 heterocycles. The summed E-state index contributed by atoms with van der Waals surface area (Å²) in [5.74, 6) is -0.266. The van der Waals surface area contributed by atoms with Gasteiger partial charge in [-0.05, 0) is 30.7 Å². The Bertz CT molecular complexity index is 490. The van der Waals surface area contributed by atoms with Crippen LogP contribution in [0.3, 0.4) is 0 Å². The molecule has 4 nitrogen and oxygen atoms in total. The molecule has 0 unspecified atom stereocenters. The molecular weight excluding hydrogens is 228 g/mol. The second-order valence-corrected chi connectivity index (χ2v) is 4.50. The van der Waals surface area contributed by atoms with E-state index in [0.717, 1.165) is 11.3 Å². The first-order valence-electron chi connectivity index (χ1n) is 5.89. The molecule has 1 fully saturated rings. The van der Waals surface area contributed by atoms with Crippen molar-refractivity contribution in [1.82, 2.24) is 4.90 Å². The van der Waals surface area contributed by atoms with Gasteiger partial charge < -0.3 is 10.2 Å². The van der Waals surface area contributed by atoms with Crippen LogP contribution in [0.4, 0.5) is 5.69 Å². The molecule has 0 radical (unpaired) electrons. The van der Waals surface area contributed by atoms with Crippen LogP contribution in [0.5, 0.6) is 0 Å². The van der Waals surface area contributed by atoms with Gasteiger partial charge in [-0.2, -0.15) is 0 Å². The van der Waals surface area contributed by atoms with E-state index in [1.807, 2.05) is 31.2 Å². The summed E-state index contributed by atoms with van der Waals surface area (Å²) in [6.45, 7) is 6.34. The normalized spacial score (nSPS) is 14.8. The predicted molar refractivity (Wildman–Crippen MR) is 70.1 cm³/mol. The van der Waals surface area contributed by atoms with E-state index in [1.54, 1.807) is 4.90 Å². The van der Waals surface area contributed by atoms with Gasteiger partial charge in [0, 0.05) is 18.8 Å². The number of aryl methyl sites for hydroxylation is 1. The molecule has 0 atom stereocenters. The van der Waals surface area contributed by atoms with Gasteiger partial charge in [0.25, 0.3) is 0 Å². The highest BCUT2D eigenvalue weighted by Crippen LogP contribution is 2.18. The molecule has 0 saturated carbocycles. The number of nitrogens with zero attached hydrogens (tertiary/aromatic N) is 1. The van der Waals surface area contributed by atoms with Crippen LogP contribution in [0.2, 0.25) is 0 Å². The molecule has 0 bridgehead atoms. The van der Waals surface area contributed by atoms with Crippen LogP contribution in [-0.2, 0) is 9.59 Å². The standard InChI is InChI=1S/C14H16N2O2/c1-3-13(17)16-8-11(9-16)14(18)15-12-6-4-5-10(2)7-12/h3-7,11H,1,8-9H2,2H3,(H,15,18). The highest BCUT2D eigenvalue weighted by molar-refractivity contribution is 5.96. The van der Waals surface area contributed by atoms with E-state index in [2.05, 4.69) is 11.9 Å². The van der Waals surface area contributed by atoms with Crippen molar-refractivity contribution in [1.29, 1.82) is 0 Å². The molecule has 1 N–H and O–H groups in total. The van der Waals surface area contributed by atoms with Crippen molar-refractivity contribution in [2.75, 3.05) is 18.4 Å². The first-order chi connectivity index (χ1) is 8.60. The highest BCUT2D eigenvalue weighted by atomic mass is 16.2. The Morgan fingerprint density at radius 2 is 2.17 bits per heavy atom. The minimum atomic E-state index is -0.116. The third-order valence-corrected chi connectivity index (χ3v) is 3.02. The summed E-state index contributed by atoms with van der Waals surface area (Å²) < 4.78 is 0. The summed E-state index contributed by atoms with van der Waals surface area (Å²) in [7, 11) is 0. The molecule has 18 heavy (non-hydrogen) atoms. The number of benzene rings is 1. The fraction of sp³-hybridized carbons (Fsp3) is 0.286. The Hall–Kier alpha value is -2.10. The lowest BCUT2D eigenvalue weighted by Crippen LogP contribution is -2.53. The predicted octanol–water partition coefficient (Wildman–Crippen LogP) is 1.58. The maximum Gasteiger partial charge on any atom is 0.246 e. The summed E-state index contributed by atoms with van der Waals surface area (Å²) in [5, 5.41) is 2.86. The molecule has 0 spiro atoms. The smallest absolute Gasteiger partial charge is 0.246 e. The summed E-state index contributed by atoms with van der Waals surface area (Å²) >= 11 is 0. The van der Waals surface area contributed by atoms with Crippen LogP contribution >= 0.6 is 0 Å². The first kappa shape index (κ1) is 12.4. The van der Waals surface area contributed by atoms with E-state index in [-0.39, 0.29) is 17.7 Å². The highest BCUT2D eigenvalue weighted by Gasteiger charge is 2.34. The maximum atomic E-state index is 11.9. The molecule has 1 aliphatic heterocycles. The molecule has 94 valence electrons. The molecular formula is C14H16N2O2. The van der Waals surface area contributed by atoms with Crippen LogP contribution in [-0.4, -0.2) is 29.8 Å². The van der Waals surface area contributed by atoms with Crippen molar-refractivity contribution in [3.63, 3.8) is 0 Å². The largest absolute Gasteiger partial charge is 0.337 e. The maximum absolute atomic E-state index is 11.9. The minimum Gasteiger partial charge on any atom is -0.337 e. The zero-order valence-corrected chi connectivity index (χ0v) is 10.3. The molecule has 1 aromatic rings. The lowest BCUT2D eigenvalue weighted by molar-refractivity contribution is -0.137. The van der Waals surface area contributed by atoms with Gasteiger partial charge in [-0.25, -0.2) is 0 Å². The fourth-order valence-electron chi connectivity index (χ4n) is 1.92. The average Bonchev–Trinajstić information content (AvgIpc) is 2.26. The Morgan fingerprint density at radius 1 is 1.44 bits per heavy atom. The van der Waals surface area contributed by atoms with Crippen molar-refractivity contribution in [2.45, 2.75) is 6.92 Å². The summed E-state index contributed by atoms with van der Waals surface area (Å²) in [6.07, 6.45) is 1.27. The second kappa shape index (κ2) is 5.04. The Balaban J connectivity index is 1.87. The number of rotatable bonds is 3. The Kier molecular flexibility index (Phi) is 3.46. The van der Waals surface area contributed by atoms with Gasteiger partial charge in [0.1, 0.15) is 0 Å². The zero-order chi connectivity index (χ0) is 13.1. The van der Waals surface area contributed by atoms with Crippen molar-refractivity contribution in [3.05, 3.63) is 42.5 Å². The fourth-order valence-corrected chi connectivity index (χ4v) is 1.92. The number of hydrogen-bond donors (Lipinski definition) is 1. The van der Waals surface area contributed by atoms with E-state index < -0.39 is 0 Å². The number of amides is 2. The quantitative estimate of drug-likeness (QED) is 0.821. The Labute approximate surface area is 106 Å². The minimum absolute atomic E-state index is 0.0336. The van der Waals surface area contributed by atoms with Crippen molar-refractivity contribution >= 4 is 17.5 Å². The lowest BCUT2D eigenvalue weighted by atomic mass is 9.99. The van der Waals surface area contributed by atoms with E-state index in [4.69, 9.17) is 0 Å². The van der Waals surface area contributed by atoms with Crippen LogP contribution in [0, 0.1) is 12.8 Å². The van der Waals surface area contributed by atoms with Gasteiger partial charge in [-0.15, -0.1) is 0 Å². The third-order valence-electron chi connectivity index (χ3n) is 3.02. The van der Waals surface area contributed by atoms with Gasteiger partial charge in [0.15, 0.2) is 0 Å². The molecule has 1 aromatic carbocycles. The topological polar surface area (TPSA) is 49.4 Å². The number of anilines is 1. The van der Waals surface area contributed by atoms with Gasteiger partial charge in [0.05, 0.1) is 5.92 Å². The summed E-state index contributed by atoms with van der Waals surface area (Å²) in [4.78, 5) is 24.7. The SMILES string of the molecule is C=CC(=O)N1CC(C(=O)Nc2cccc(C)c2)C1. The van der Waals surface area contributed by atoms with Crippen molar-refractivity contribution in [3.8, 4) is 0 Å². The molecule has 1 saturated heterocycles. The molecule has 0 aliphatic carbocycles. The van der Waals surface area contributed by atoms with Crippen molar-refractivity contribution < 1.29 is 9.59 Å². The number of hydrogen-bond acceptors (Lipinski definition) is 2. The average molecular weight is 244 g/mol. The van der Waals surface area contributed by atoms with Crippen LogP contribution in [0.1, 0.15) is 5.56 Å². The number of carbonyl (C=O) groups excluding carboxylic acids is 2. The molecule has 4 heteroatoms. The second-order valence-electron chi connectivity index (χ2n) is 4.50. The molecule has 1 aliphatic rings. The summed E-state index contributed by atoms with van der Waals surface area (Å²) in [5.41, 5.74) is 1.90. The third kappa shape index (κ3) is 2.59. The van der Waals surface area contributed by atoms with E-state index >= 15 is 0 Å². The molecule has 2 rings (SSSR count). The van der Waals surface area contributed by atoms with E-state index in [0.29, 0.717) is 13.1 Å². The monoisotopic (exact) mass is 244 g/mol. The van der Waals surface area contributed by atoms with Gasteiger partial charge in [-0.3, -0.25) is 9.59 Å². The number of nitrogens with one attached hydrogen (secondary N) is 1. The Morgan fingerprint density at radius 3 is 2.78 bits per heavy atom. The number of carbonyl (C=O) groups is 2. The summed E-state index contributed by atoms with van der Waals surface area (Å²) in [6, 6.07) is 7.65. The van der Waals surface area contributed by atoms with Gasteiger partial charge >= 0.3 is 0 Å². The lowest BCUT2D eigenvalue weighted by Gasteiger charge is -2.37. The van der Waals surface area contributed by atoms with Gasteiger partial charge in [0.2, 0.25) is 11.8 Å². The zero-order valence-electron chi connectivity index (χ0n) is 10.3. The first-order valence-corrected chi connectivity index (χ1v) is 5.89. The molecule has 0 aromatic heterocycles. The van der Waals surface area contributed by atoms with Crippen LogP contribution < -0.4 is 5.32 Å². The van der Waals surface area contributed by atoms with Crippen molar-refractivity contribution in [2.24, 2.45) is 5.92 Å².